The van der Waals surface area contributed by atoms with Crippen molar-refractivity contribution in [3.63, 3.8) is 0 Å². The number of anilines is 1. The van der Waals surface area contributed by atoms with E-state index in [9.17, 15) is 4.79 Å². The minimum absolute atomic E-state index is 0.0381. The van der Waals surface area contributed by atoms with E-state index >= 15 is 0 Å². The van der Waals surface area contributed by atoms with Gasteiger partial charge in [0, 0.05) is 5.69 Å². The third-order valence-corrected chi connectivity index (χ3v) is 5.69. The highest BCUT2D eigenvalue weighted by molar-refractivity contribution is 5.84. The third kappa shape index (κ3) is 4.40. The number of hydrogen-bond donors (Lipinski definition) is 2. The third-order valence-electron chi connectivity index (χ3n) is 5.69. The molecule has 0 aromatic heterocycles. The average Bonchev–Trinajstić information content (AvgIpc) is 3.26. The second kappa shape index (κ2) is 8.96. The van der Waals surface area contributed by atoms with Gasteiger partial charge in [0.15, 0.2) is 0 Å². The number of carbonyl (C=O) groups excluding carboxylic acids is 1. The number of ether oxygens (including phenoxy) is 1. The Morgan fingerprint density at radius 3 is 2.45 bits per heavy atom. The van der Waals surface area contributed by atoms with Crippen LogP contribution in [-0.4, -0.2) is 24.6 Å². The molecule has 1 atom stereocenters. The van der Waals surface area contributed by atoms with Gasteiger partial charge in [0.25, 0.3) is 5.91 Å². The number of hydrazine groups is 1. The minimum atomic E-state index is -0.214. The molecule has 0 spiro atoms. The lowest BCUT2D eigenvalue weighted by Gasteiger charge is -2.26. The summed E-state index contributed by atoms with van der Waals surface area (Å²) in [7, 11) is 1.65. The number of nitrogens with one attached hydrogen (secondary N) is 2. The molecular formula is C26H27N3O2. The van der Waals surface area contributed by atoms with Gasteiger partial charge in [-0.1, -0.05) is 54.6 Å². The van der Waals surface area contributed by atoms with Crippen LogP contribution < -0.4 is 15.5 Å². The lowest BCUT2D eigenvalue weighted by molar-refractivity contribution is -0.132. The summed E-state index contributed by atoms with van der Waals surface area (Å²) in [5, 5.41) is 5.00. The predicted molar refractivity (Wildman–Crippen MR) is 125 cm³/mol. The Hall–Kier alpha value is -3.73. The number of benzene rings is 3. The highest BCUT2D eigenvalue weighted by Crippen LogP contribution is 2.32. The van der Waals surface area contributed by atoms with E-state index in [1.807, 2.05) is 66.7 Å². The molecule has 2 N–H and O–H groups in total. The van der Waals surface area contributed by atoms with Gasteiger partial charge in [-0.05, 0) is 60.4 Å². The topological polar surface area (TPSA) is 53.6 Å². The highest BCUT2D eigenvalue weighted by Gasteiger charge is 2.30. The average molecular weight is 414 g/mol. The van der Waals surface area contributed by atoms with Crippen molar-refractivity contribution in [3.05, 3.63) is 101 Å². The Kier molecular flexibility index (Phi) is 5.94. The first-order chi connectivity index (χ1) is 15.1. The van der Waals surface area contributed by atoms with Crippen molar-refractivity contribution in [1.82, 2.24) is 10.4 Å². The van der Waals surface area contributed by atoms with Crippen molar-refractivity contribution in [2.75, 3.05) is 19.0 Å². The van der Waals surface area contributed by atoms with E-state index < -0.39 is 0 Å². The van der Waals surface area contributed by atoms with E-state index in [0.29, 0.717) is 0 Å². The fourth-order valence-electron chi connectivity index (χ4n) is 3.71. The van der Waals surface area contributed by atoms with Crippen molar-refractivity contribution in [2.24, 2.45) is 0 Å². The molecule has 5 nitrogen and oxygen atoms in total. The molecule has 1 heterocycles. The molecule has 158 valence electrons. The number of aryl methyl sites for hydroxylation is 1. The van der Waals surface area contributed by atoms with Crippen LogP contribution in [0.4, 0.5) is 5.69 Å². The maximum Gasteiger partial charge on any atom is 0.261 e. The first kappa shape index (κ1) is 20.5. The number of methoxy groups -OCH3 is 1. The zero-order valence-corrected chi connectivity index (χ0v) is 18.1. The van der Waals surface area contributed by atoms with Crippen LogP contribution in [0.25, 0.3) is 5.70 Å². The first-order valence-electron chi connectivity index (χ1n) is 10.4. The van der Waals surface area contributed by atoms with Gasteiger partial charge in [-0.25, -0.2) is 5.01 Å². The number of nitrogens with zero attached hydrogens (tertiary/aromatic N) is 1. The molecule has 1 aliphatic rings. The van der Waals surface area contributed by atoms with E-state index in [0.717, 1.165) is 33.8 Å². The molecule has 0 radical (unpaired) electrons. The molecule has 0 fully saturated rings. The van der Waals surface area contributed by atoms with Crippen LogP contribution in [-0.2, 0) is 4.79 Å². The summed E-state index contributed by atoms with van der Waals surface area (Å²) in [6.45, 7) is 4.32. The number of rotatable bonds is 6. The number of hydrogen-bond acceptors (Lipinski definition) is 4. The first-order valence-corrected chi connectivity index (χ1v) is 10.4. The van der Waals surface area contributed by atoms with E-state index in [4.69, 9.17) is 4.74 Å². The van der Waals surface area contributed by atoms with Gasteiger partial charge in [-0.3, -0.25) is 10.2 Å². The fraction of sp³-hybridized carbons (Fsp3) is 0.192. The van der Waals surface area contributed by atoms with Gasteiger partial charge >= 0.3 is 0 Å². The monoisotopic (exact) mass is 413 g/mol. The predicted octanol–water partition coefficient (Wildman–Crippen LogP) is 4.85. The van der Waals surface area contributed by atoms with Gasteiger partial charge in [0.2, 0.25) is 0 Å². The van der Waals surface area contributed by atoms with E-state index in [-0.39, 0.29) is 18.5 Å². The maximum absolute atomic E-state index is 13.2. The molecule has 1 amide bonds. The minimum Gasteiger partial charge on any atom is -0.497 e. The van der Waals surface area contributed by atoms with Crippen LogP contribution in [0.1, 0.15) is 28.3 Å². The van der Waals surface area contributed by atoms with Gasteiger partial charge in [-0.15, -0.1) is 0 Å². The molecule has 0 saturated carbocycles. The molecule has 5 heteroatoms. The largest absolute Gasteiger partial charge is 0.497 e. The Morgan fingerprint density at radius 1 is 1.00 bits per heavy atom. The molecule has 0 bridgehead atoms. The second-order valence-corrected chi connectivity index (χ2v) is 7.64. The van der Waals surface area contributed by atoms with Crippen molar-refractivity contribution in [2.45, 2.75) is 19.9 Å². The zero-order valence-electron chi connectivity index (χ0n) is 18.1. The van der Waals surface area contributed by atoms with Gasteiger partial charge < -0.3 is 10.1 Å². The Labute approximate surface area is 183 Å². The lowest BCUT2D eigenvalue weighted by atomic mass is 10.0. The van der Waals surface area contributed by atoms with Gasteiger partial charge in [-0.2, -0.15) is 0 Å². The standard InChI is InChI=1S/C26H27N3O2/c1-18-8-7-11-23(19(18)2)27-17-26(30)29-25(21-12-14-22(31-3)15-13-21)16-24(28-29)20-9-5-4-6-10-20/h4-16,25,27-28H,17H2,1-3H3/t25-/m1/s1. The van der Waals surface area contributed by atoms with E-state index in [1.54, 1.807) is 12.1 Å². The molecule has 4 rings (SSSR count). The van der Waals surface area contributed by atoms with E-state index in [1.165, 1.54) is 5.56 Å². The van der Waals surface area contributed by atoms with Crippen LogP contribution in [0, 0.1) is 13.8 Å². The van der Waals surface area contributed by atoms with Gasteiger partial charge in [0.1, 0.15) is 5.75 Å². The zero-order chi connectivity index (χ0) is 21.8. The SMILES string of the molecule is COc1ccc([C@H]2C=C(c3ccccc3)NN2C(=O)CNc2cccc(C)c2C)cc1. The molecule has 0 unspecified atom stereocenters. The smallest absolute Gasteiger partial charge is 0.261 e. The summed E-state index contributed by atoms with van der Waals surface area (Å²) >= 11 is 0. The molecule has 3 aromatic carbocycles. The molecular weight excluding hydrogens is 386 g/mol. The van der Waals surface area contributed by atoms with Crippen LogP contribution in [0.3, 0.4) is 0 Å². The molecule has 0 aliphatic carbocycles. The summed E-state index contributed by atoms with van der Waals surface area (Å²) in [5.74, 6) is 0.750. The summed E-state index contributed by atoms with van der Waals surface area (Å²) in [6, 6.07) is 23.7. The van der Waals surface area contributed by atoms with Crippen LogP contribution >= 0.6 is 0 Å². The number of amides is 1. The quantitative estimate of drug-likeness (QED) is 0.606. The summed E-state index contributed by atoms with van der Waals surface area (Å²) in [4.78, 5) is 13.2. The number of carbonyl (C=O) groups is 1. The van der Waals surface area contributed by atoms with Crippen molar-refractivity contribution in [3.8, 4) is 5.75 Å². The second-order valence-electron chi connectivity index (χ2n) is 7.64. The molecule has 0 saturated heterocycles. The van der Waals surface area contributed by atoms with Crippen LogP contribution in [0.15, 0.2) is 78.9 Å². The highest BCUT2D eigenvalue weighted by atomic mass is 16.5. The van der Waals surface area contributed by atoms with Crippen molar-refractivity contribution < 1.29 is 9.53 Å². The Morgan fingerprint density at radius 2 is 1.74 bits per heavy atom. The normalized spacial score (nSPS) is 15.3. The molecule has 31 heavy (non-hydrogen) atoms. The summed E-state index contributed by atoms with van der Waals surface area (Å²) < 4.78 is 5.28. The Bertz CT molecular complexity index is 1090. The van der Waals surface area contributed by atoms with Crippen molar-refractivity contribution >= 4 is 17.3 Å². The van der Waals surface area contributed by atoms with Crippen LogP contribution in [0.2, 0.25) is 0 Å². The summed E-state index contributed by atoms with van der Waals surface area (Å²) in [5.41, 5.74) is 9.62. The van der Waals surface area contributed by atoms with Crippen LogP contribution in [0.5, 0.6) is 5.75 Å². The summed E-state index contributed by atoms with van der Waals surface area (Å²) in [6.07, 6.45) is 2.09. The maximum atomic E-state index is 13.2. The lowest BCUT2D eigenvalue weighted by Crippen LogP contribution is -2.42. The van der Waals surface area contributed by atoms with E-state index in [2.05, 4.69) is 36.7 Å². The fourth-order valence-corrected chi connectivity index (χ4v) is 3.71. The van der Waals surface area contributed by atoms with Gasteiger partial charge in [0.05, 0.1) is 25.4 Å². The molecule has 3 aromatic rings. The van der Waals surface area contributed by atoms with Crippen molar-refractivity contribution in [1.29, 1.82) is 0 Å². The molecule has 1 aliphatic heterocycles. The Balaban J connectivity index is 1.57.